The van der Waals surface area contributed by atoms with Gasteiger partial charge in [-0.25, -0.2) is 4.79 Å². The number of aliphatic carboxylic acids is 1. The third kappa shape index (κ3) is 6.07. The van der Waals surface area contributed by atoms with Gasteiger partial charge in [0.15, 0.2) is 6.61 Å². The van der Waals surface area contributed by atoms with Crippen LogP contribution in [-0.2, 0) is 27.3 Å². The van der Waals surface area contributed by atoms with E-state index < -0.39 is 5.97 Å². The quantitative estimate of drug-likeness (QED) is 0.675. The summed E-state index contributed by atoms with van der Waals surface area (Å²) < 4.78 is 5.09. The fourth-order valence-electron chi connectivity index (χ4n) is 3.28. The largest absolute Gasteiger partial charge is 0.482 e. The molecule has 1 saturated heterocycles. The Morgan fingerprint density at radius 2 is 1.79 bits per heavy atom. The molecule has 7 heteroatoms. The minimum Gasteiger partial charge on any atom is -0.482 e. The van der Waals surface area contributed by atoms with Crippen LogP contribution in [0, 0.1) is 5.92 Å². The van der Waals surface area contributed by atoms with E-state index in [1.807, 2.05) is 42.5 Å². The van der Waals surface area contributed by atoms with Crippen LogP contribution < -0.4 is 10.1 Å². The van der Waals surface area contributed by atoms with Gasteiger partial charge in [-0.15, -0.1) is 0 Å². The molecule has 0 aromatic heterocycles. The number of carbonyl (C=O) groups is 3. The molecule has 0 aliphatic carbocycles. The molecule has 1 aliphatic heterocycles. The van der Waals surface area contributed by atoms with Gasteiger partial charge in [-0.3, -0.25) is 9.59 Å². The van der Waals surface area contributed by atoms with Crippen LogP contribution >= 0.6 is 0 Å². The molecule has 7 nitrogen and oxygen atoms in total. The predicted octanol–water partition coefficient (Wildman–Crippen LogP) is 1.86. The Kier molecular flexibility index (Phi) is 6.84. The second kappa shape index (κ2) is 9.73. The van der Waals surface area contributed by atoms with E-state index in [1.54, 1.807) is 17.0 Å². The number of rotatable bonds is 9. The lowest BCUT2D eigenvalue weighted by Gasteiger charge is -2.16. The normalized spacial score (nSPS) is 15.9. The molecule has 2 amide bonds. The molecule has 1 heterocycles. The van der Waals surface area contributed by atoms with E-state index in [4.69, 9.17) is 9.84 Å². The van der Waals surface area contributed by atoms with E-state index >= 15 is 0 Å². The zero-order chi connectivity index (χ0) is 20.6. The van der Waals surface area contributed by atoms with Crippen molar-refractivity contribution in [3.8, 4) is 5.75 Å². The van der Waals surface area contributed by atoms with Crippen LogP contribution in [0.1, 0.15) is 17.5 Å². The zero-order valence-corrected chi connectivity index (χ0v) is 16.0. The van der Waals surface area contributed by atoms with Gasteiger partial charge in [-0.05, 0) is 29.7 Å². The first-order valence-corrected chi connectivity index (χ1v) is 9.54. The lowest BCUT2D eigenvalue weighted by molar-refractivity contribution is -0.139. The molecular formula is C22H24N2O5. The fourth-order valence-corrected chi connectivity index (χ4v) is 3.28. The predicted molar refractivity (Wildman–Crippen MR) is 106 cm³/mol. The summed E-state index contributed by atoms with van der Waals surface area (Å²) in [4.78, 5) is 36.9. The first-order chi connectivity index (χ1) is 14.0. The van der Waals surface area contributed by atoms with E-state index in [1.165, 1.54) is 0 Å². The van der Waals surface area contributed by atoms with E-state index in [2.05, 4.69) is 5.32 Å². The van der Waals surface area contributed by atoms with Crippen LogP contribution in [-0.4, -0.2) is 47.5 Å². The van der Waals surface area contributed by atoms with Crippen LogP contribution in [0.25, 0.3) is 0 Å². The average Bonchev–Trinajstić information content (AvgIpc) is 3.08. The number of ether oxygens (including phenoxy) is 1. The summed E-state index contributed by atoms with van der Waals surface area (Å²) in [6, 6.07) is 16.8. The van der Waals surface area contributed by atoms with Gasteiger partial charge in [-0.1, -0.05) is 42.5 Å². The molecule has 29 heavy (non-hydrogen) atoms. The third-order valence-corrected chi connectivity index (χ3v) is 4.80. The Morgan fingerprint density at radius 1 is 1.07 bits per heavy atom. The molecule has 3 rings (SSSR count). The summed E-state index contributed by atoms with van der Waals surface area (Å²) in [5, 5.41) is 11.5. The molecule has 0 radical (unpaired) electrons. The number of hydrogen-bond donors (Lipinski definition) is 2. The molecule has 2 aromatic rings. The number of hydrogen-bond acceptors (Lipinski definition) is 4. The standard InChI is InChI=1S/C22H24N2O5/c25-20-12-18(14-24(20)13-17-4-2-1-3-5-17)22(28)23-11-10-16-6-8-19(9-7-16)29-15-21(26)27/h1-9,18H,10-15H2,(H,23,28)(H,26,27). The fraction of sp³-hybridized carbons (Fsp3) is 0.318. The van der Waals surface area contributed by atoms with Crippen LogP contribution in [0.15, 0.2) is 54.6 Å². The van der Waals surface area contributed by atoms with E-state index in [0.29, 0.717) is 31.8 Å². The van der Waals surface area contributed by atoms with Crippen LogP contribution in [0.5, 0.6) is 5.75 Å². The Balaban J connectivity index is 1.41. The molecule has 1 fully saturated rings. The molecule has 0 saturated carbocycles. The van der Waals surface area contributed by atoms with Gasteiger partial charge in [0.2, 0.25) is 11.8 Å². The van der Waals surface area contributed by atoms with Gasteiger partial charge in [-0.2, -0.15) is 0 Å². The van der Waals surface area contributed by atoms with Gasteiger partial charge < -0.3 is 20.1 Å². The molecule has 0 spiro atoms. The summed E-state index contributed by atoms with van der Waals surface area (Å²) in [6.45, 7) is 1.06. The lowest BCUT2D eigenvalue weighted by Crippen LogP contribution is -2.34. The van der Waals surface area contributed by atoms with Crippen molar-refractivity contribution in [3.05, 3.63) is 65.7 Å². The van der Waals surface area contributed by atoms with Gasteiger partial charge in [0.05, 0.1) is 5.92 Å². The van der Waals surface area contributed by atoms with Crippen molar-refractivity contribution in [1.82, 2.24) is 10.2 Å². The van der Waals surface area contributed by atoms with Crippen molar-refractivity contribution < 1.29 is 24.2 Å². The summed E-state index contributed by atoms with van der Waals surface area (Å²) in [5.41, 5.74) is 2.05. The summed E-state index contributed by atoms with van der Waals surface area (Å²) in [5.74, 6) is -0.952. The first-order valence-electron chi connectivity index (χ1n) is 9.54. The molecule has 1 atom stereocenters. The maximum Gasteiger partial charge on any atom is 0.341 e. The molecule has 2 N–H and O–H groups in total. The maximum absolute atomic E-state index is 12.4. The Bertz CT molecular complexity index is 851. The van der Waals surface area contributed by atoms with Gasteiger partial charge in [0, 0.05) is 26.1 Å². The number of amides is 2. The Morgan fingerprint density at radius 3 is 2.48 bits per heavy atom. The number of likely N-dealkylation sites (tertiary alicyclic amines) is 1. The molecule has 0 bridgehead atoms. The summed E-state index contributed by atoms with van der Waals surface area (Å²) in [6.07, 6.45) is 0.883. The van der Waals surface area contributed by atoms with Crippen molar-refractivity contribution in [2.45, 2.75) is 19.4 Å². The van der Waals surface area contributed by atoms with Crippen molar-refractivity contribution >= 4 is 17.8 Å². The first kappa shape index (κ1) is 20.4. The van der Waals surface area contributed by atoms with E-state index in [0.717, 1.165) is 11.1 Å². The minimum absolute atomic E-state index is 0.00551. The topological polar surface area (TPSA) is 95.9 Å². The number of carboxylic acids is 1. The van der Waals surface area contributed by atoms with Crippen molar-refractivity contribution in [3.63, 3.8) is 0 Å². The number of carbonyl (C=O) groups excluding carboxylic acids is 2. The minimum atomic E-state index is -1.02. The Hall–Kier alpha value is -3.35. The molecule has 152 valence electrons. The van der Waals surface area contributed by atoms with Gasteiger partial charge in [0.1, 0.15) is 5.75 Å². The highest BCUT2D eigenvalue weighted by atomic mass is 16.5. The number of carboxylic acid groups (broad SMARTS) is 1. The number of nitrogens with one attached hydrogen (secondary N) is 1. The highest BCUT2D eigenvalue weighted by Crippen LogP contribution is 2.20. The van der Waals surface area contributed by atoms with Crippen molar-refractivity contribution in [1.29, 1.82) is 0 Å². The second-order valence-electron chi connectivity index (χ2n) is 7.03. The average molecular weight is 396 g/mol. The smallest absolute Gasteiger partial charge is 0.341 e. The summed E-state index contributed by atoms with van der Waals surface area (Å²) >= 11 is 0. The monoisotopic (exact) mass is 396 g/mol. The van der Waals surface area contributed by atoms with E-state index in [9.17, 15) is 14.4 Å². The number of benzene rings is 2. The Labute approximate surface area is 169 Å². The lowest BCUT2D eigenvalue weighted by atomic mass is 10.1. The van der Waals surface area contributed by atoms with Crippen LogP contribution in [0.4, 0.5) is 0 Å². The molecule has 1 aliphatic rings. The van der Waals surface area contributed by atoms with Crippen LogP contribution in [0.2, 0.25) is 0 Å². The highest BCUT2D eigenvalue weighted by Gasteiger charge is 2.33. The van der Waals surface area contributed by atoms with Crippen molar-refractivity contribution in [2.24, 2.45) is 5.92 Å². The summed E-state index contributed by atoms with van der Waals surface area (Å²) in [7, 11) is 0. The zero-order valence-electron chi connectivity index (χ0n) is 16.0. The number of nitrogens with zero attached hydrogens (tertiary/aromatic N) is 1. The highest BCUT2D eigenvalue weighted by molar-refractivity contribution is 5.89. The van der Waals surface area contributed by atoms with Gasteiger partial charge >= 0.3 is 5.97 Å². The maximum atomic E-state index is 12.4. The molecular weight excluding hydrogens is 372 g/mol. The van der Waals surface area contributed by atoms with Gasteiger partial charge in [0.25, 0.3) is 0 Å². The second-order valence-corrected chi connectivity index (χ2v) is 7.03. The van der Waals surface area contributed by atoms with E-state index in [-0.39, 0.29) is 30.8 Å². The SMILES string of the molecule is O=C(O)COc1ccc(CCNC(=O)C2CC(=O)N(Cc3ccccc3)C2)cc1. The third-order valence-electron chi connectivity index (χ3n) is 4.80. The molecule has 1 unspecified atom stereocenters. The van der Waals surface area contributed by atoms with Crippen LogP contribution in [0.3, 0.4) is 0 Å². The molecule has 2 aromatic carbocycles. The van der Waals surface area contributed by atoms with Crippen molar-refractivity contribution in [2.75, 3.05) is 19.7 Å².